The number of rotatable bonds is 3. The van der Waals surface area contributed by atoms with Gasteiger partial charge in [0.1, 0.15) is 0 Å². The molecule has 0 saturated carbocycles. The van der Waals surface area contributed by atoms with Crippen LogP contribution in [0.4, 0.5) is 0 Å². The molecule has 54 valence electrons. The topological polar surface area (TPSA) is 109 Å². The smallest absolute Gasteiger partial charge is 0.228 e. The predicted molar refractivity (Wildman–Crippen MR) is 31.0 cm³/mol. The van der Waals surface area contributed by atoms with Crippen LogP contribution in [0, 0.1) is 5.41 Å². The van der Waals surface area contributed by atoms with Gasteiger partial charge in [0.25, 0.3) is 0 Å². The van der Waals surface area contributed by atoms with Crippen molar-refractivity contribution in [1.82, 2.24) is 5.17 Å². The number of nitrogens with zero attached hydrogens (tertiary/aromatic N) is 1. The number of guanidine groups is 1. The van der Waals surface area contributed by atoms with Crippen molar-refractivity contribution < 1.29 is 9.94 Å². The molecule has 0 atom stereocenters. The quantitative estimate of drug-likeness (QED) is 0.154. The molecule has 0 rings (SSSR count). The normalized spacial score (nSPS) is 9.11. The molecule has 0 aromatic rings. The molecule has 0 aromatic carbocycles. The van der Waals surface area contributed by atoms with Gasteiger partial charge in [-0.15, -0.1) is 0 Å². The number of nitrogens with one attached hydrogen (secondary N) is 1. The number of aliphatic hydroxyl groups excluding tert-OH is 1. The Morgan fingerprint density at radius 1 is 1.78 bits per heavy atom. The molecular formula is C3H10N4O2. The molecule has 9 heavy (non-hydrogen) atoms. The minimum Gasteiger partial charge on any atom is -0.394 e. The minimum atomic E-state index is -0.400. The SMILES string of the molecule is N=C(N)N(N)OCCO. The number of hydrogen-bond donors (Lipinski definition) is 4. The maximum atomic E-state index is 8.18. The summed E-state index contributed by atoms with van der Waals surface area (Å²) in [4.78, 5) is 4.46. The average molecular weight is 134 g/mol. The number of aliphatic hydroxyl groups is 1. The Bertz CT molecular complexity index is 95.8. The van der Waals surface area contributed by atoms with Crippen molar-refractivity contribution >= 4 is 5.96 Å². The van der Waals surface area contributed by atoms with E-state index in [1.165, 1.54) is 0 Å². The van der Waals surface area contributed by atoms with Gasteiger partial charge in [-0.25, -0.2) is 5.84 Å². The second-order valence-electron chi connectivity index (χ2n) is 1.27. The summed E-state index contributed by atoms with van der Waals surface area (Å²) >= 11 is 0. The summed E-state index contributed by atoms with van der Waals surface area (Å²) in [5, 5.41) is 15.4. The van der Waals surface area contributed by atoms with Gasteiger partial charge in [0.15, 0.2) is 0 Å². The second kappa shape index (κ2) is 4.07. The fraction of sp³-hybridized carbons (Fsp3) is 0.667. The fourth-order valence-corrected chi connectivity index (χ4v) is 0.209. The molecule has 6 nitrogen and oxygen atoms in total. The molecule has 6 N–H and O–H groups in total. The number of nitrogens with two attached hydrogens (primary N) is 2. The zero-order chi connectivity index (χ0) is 7.28. The number of hydroxylamine groups is 1. The van der Waals surface area contributed by atoms with Gasteiger partial charge in [-0.05, 0) is 0 Å². The van der Waals surface area contributed by atoms with Crippen molar-refractivity contribution in [2.75, 3.05) is 13.2 Å². The Morgan fingerprint density at radius 2 is 2.33 bits per heavy atom. The third-order valence-electron chi connectivity index (χ3n) is 0.559. The third kappa shape index (κ3) is 3.71. The largest absolute Gasteiger partial charge is 0.394 e. The van der Waals surface area contributed by atoms with E-state index in [0.29, 0.717) is 5.17 Å². The minimum absolute atomic E-state index is 0.0378. The van der Waals surface area contributed by atoms with E-state index in [9.17, 15) is 0 Å². The Hall–Kier alpha value is -0.850. The Labute approximate surface area is 52.4 Å². The van der Waals surface area contributed by atoms with E-state index in [4.69, 9.17) is 22.1 Å². The highest BCUT2D eigenvalue weighted by atomic mass is 16.7. The molecule has 0 amide bonds. The average Bonchev–Trinajstić information content (AvgIpc) is 1.82. The Morgan fingerprint density at radius 3 is 2.67 bits per heavy atom. The van der Waals surface area contributed by atoms with E-state index in [1.807, 2.05) is 0 Å². The predicted octanol–water partition coefficient (Wildman–Crippen LogP) is -2.02. The molecule has 0 radical (unpaired) electrons. The van der Waals surface area contributed by atoms with E-state index >= 15 is 0 Å². The van der Waals surface area contributed by atoms with Gasteiger partial charge in [0.2, 0.25) is 5.96 Å². The van der Waals surface area contributed by atoms with Crippen molar-refractivity contribution in [2.45, 2.75) is 0 Å². The first-order valence-corrected chi connectivity index (χ1v) is 2.31. The van der Waals surface area contributed by atoms with Crippen molar-refractivity contribution in [3.05, 3.63) is 0 Å². The summed E-state index contributed by atoms with van der Waals surface area (Å²) in [6, 6.07) is 0. The van der Waals surface area contributed by atoms with Crippen molar-refractivity contribution in [2.24, 2.45) is 11.6 Å². The number of hydrazine groups is 1. The van der Waals surface area contributed by atoms with Crippen molar-refractivity contribution in [3.63, 3.8) is 0 Å². The summed E-state index contributed by atoms with van der Waals surface area (Å²) < 4.78 is 0. The van der Waals surface area contributed by atoms with E-state index in [-0.39, 0.29) is 13.2 Å². The van der Waals surface area contributed by atoms with Crippen LogP contribution in [0.15, 0.2) is 0 Å². The van der Waals surface area contributed by atoms with Crippen LogP contribution in [0.2, 0.25) is 0 Å². The van der Waals surface area contributed by atoms with Gasteiger partial charge in [-0.2, -0.15) is 5.17 Å². The first-order valence-electron chi connectivity index (χ1n) is 2.31. The van der Waals surface area contributed by atoms with Gasteiger partial charge >= 0.3 is 0 Å². The molecule has 0 aliphatic heterocycles. The van der Waals surface area contributed by atoms with Gasteiger partial charge in [-0.3, -0.25) is 10.2 Å². The summed E-state index contributed by atoms with van der Waals surface area (Å²) in [6.45, 7) is -0.114. The van der Waals surface area contributed by atoms with E-state index < -0.39 is 5.96 Å². The van der Waals surface area contributed by atoms with Gasteiger partial charge in [0, 0.05) is 0 Å². The zero-order valence-electron chi connectivity index (χ0n) is 4.87. The molecule has 6 heteroatoms. The van der Waals surface area contributed by atoms with Crippen molar-refractivity contribution in [3.8, 4) is 0 Å². The molecule has 0 spiro atoms. The summed E-state index contributed by atoms with van der Waals surface area (Å²) in [5.74, 6) is 4.55. The Balaban J connectivity index is 3.27. The molecule has 0 heterocycles. The highest BCUT2D eigenvalue weighted by molar-refractivity contribution is 5.72. The van der Waals surface area contributed by atoms with Crippen LogP contribution in [0.1, 0.15) is 0 Å². The molecule has 0 aliphatic rings. The molecule has 0 unspecified atom stereocenters. The van der Waals surface area contributed by atoms with Gasteiger partial charge in [0.05, 0.1) is 13.2 Å². The molecule has 0 saturated heterocycles. The lowest BCUT2D eigenvalue weighted by molar-refractivity contribution is -0.113. The maximum Gasteiger partial charge on any atom is 0.228 e. The summed E-state index contributed by atoms with van der Waals surface area (Å²) in [7, 11) is 0. The van der Waals surface area contributed by atoms with Crippen LogP contribution in [-0.4, -0.2) is 29.5 Å². The molecule has 0 fully saturated rings. The van der Waals surface area contributed by atoms with Gasteiger partial charge < -0.3 is 10.8 Å². The summed E-state index contributed by atoms with van der Waals surface area (Å²) in [6.07, 6.45) is 0. The lowest BCUT2D eigenvalue weighted by Crippen LogP contribution is -2.42. The second-order valence-corrected chi connectivity index (χ2v) is 1.27. The fourth-order valence-electron chi connectivity index (χ4n) is 0.209. The van der Waals surface area contributed by atoms with Crippen LogP contribution in [-0.2, 0) is 4.84 Å². The zero-order valence-corrected chi connectivity index (χ0v) is 4.87. The molecule has 0 aliphatic carbocycles. The molecule has 0 aromatic heterocycles. The van der Waals surface area contributed by atoms with Crippen molar-refractivity contribution in [1.29, 1.82) is 5.41 Å². The number of hydrogen-bond acceptors (Lipinski definition) is 4. The van der Waals surface area contributed by atoms with E-state index in [1.54, 1.807) is 0 Å². The molecule has 0 bridgehead atoms. The lowest BCUT2D eigenvalue weighted by atomic mass is 10.8. The van der Waals surface area contributed by atoms with Crippen LogP contribution in [0.5, 0.6) is 0 Å². The monoisotopic (exact) mass is 134 g/mol. The van der Waals surface area contributed by atoms with E-state index in [2.05, 4.69) is 4.84 Å². The van der Waals surface area contributed by atoms with Crippen LogP contribution in [0.3, 0.4) is 0 Å². The first kappa shape index (κ1) is 8.15. The van der Waals surface area contributed by atoms with E-state index in [0.717, 1.165) is 0 Å². The highest BCUT2D eigenvalue weighted by Crippen LogP contribution is 1.75. The summed E-state index contributed by atoms with van der Waals surface area (Å²) in [5.41, 5.74) is 4.85. The van der Waals surface area contributed by atoms with Crippen LogP contribution in [0.25, 0.3) is 0 Å². The third-order valence-corrected chi connectivity index (χ3v) is 0.559. The van der Waals surface area contributed by atoms with Crippen LogP contribution >= 0.6 is 0 Å². The molecular weight excluding hydrogens is 124 g/mol. The standard InChI is InChI=1S/C3H10N4O2/c4-3(5)7(6)9-2-1-8/h8H,1-2,6H2,(H3,4,5). The highest BCUT2D eigenvalue weighted by Gasteiger charge is 1.97. The van der Waals surface area contributed by atoms with Crippen LogP contribution < -0.4 is 11.6 Å². The lowest BCUT2D eigenvalue weighted by Gasteiger charge is -2.13. The first-order chi connectivity index (χ1) is 4.18. The Kier molecular flexibility index (Phi) is 3.69. The van der Waals surface area contributed by atoms with Gasteiger partial charge in [-0.1, -0.05) is 0 Å². The maximum absolute atomic E-state index is 8.18.